The van der Waals surface area contributed by atoms with Gasteiger partial charge in [0.25, 0.3) is 0 Å². The van der Waals surface area contributed by atoms with Crippen LogP contribution in [0, 0.1) is 6.92 Å². The second-order valence-corrected chi connectivity index (χ2v) is 9.88. The van der Waals surface area contributed by atoms with Crippen LogP contribution in [0.5, 0.6) is 5.75 Å². The van der Waals surface area contributed by atoms with Gasteiger partial charge in [0.05, 0.1) is 28.5 Å². The van der Waals surface area contributed by atoms with Gasteiger partial charge in [0, 0.05) is 29.5 Å². The number of ether oxygens (including phenoxy) is 1. The standard InChI is InChI=1S/C26H22BrCl2N5O5/c1-14-23(27)34-10-4-7-20(24(34)31-14)39-13-17-18(28)8-9-19(22(17)29)33(2)21(35)12-30-26(38)32-16-6-3-5-15(11-16)25(36)37/h3-11H,12-13H2,1-2H3,(H,36,37)(H2,30,32,38). The number of aromatic carboxylic acids is 1. The number of pyridine rings is 1. The second kappa shape index (κ2) is 11.9. The van der Waals surface area contributed by atoms with Gasteiger partial charge in [-0.3, -0.25) is 9.20 Å². The largest absolute Gasteiger partial charge is 0.485 e. The van der Waals surface area contributed by atoms with E-state index in [0.717, 1.165) is 10.3 Å². The average molecular weight is 635 g/mol. The highest BCUT2D eigenvalue weighted by atomic mass is 79.9. The Morgan fingerprint density at radius 2 is 1.92 bits per heavy atom. The van der Waals surface area contributed by atoms with Crippen molar-refractivity contribution < 1.29 is 24.2 Å². The van der Waals surface area contributed by atoms with Crippen molar-refractivity contribution in [1.82, 2.24) is 14.7 Å². The minimum Gasteiger partial charge on any atom is -0.485 e. The molecule has 0 fully saturated rings. The number of benzene rings is 2. The molecule has 0 saturated heterocycles. The molecule has 39 heavy (non-hydrogen) atoms. The summed E-state index contributed by atoms with van der Waals surface area (Å²) in [6, 6.07) is 11.9. The van der Waals surface area contributed by atoms with Crippen LogP contribution < -0.4 is 20.3 Å². The maximum atomic E-state index is 12.8. The molecule has 4 aromatic rings. The number of imidazole rings is 1. The molecule has 2 heterocycles. The van der Waals surface area contributed by atoms with Crippen molar-refractivity contribution in [2.24, 2.45) is 0 Å². The summed E-state index contributed by atoms with van der Waals surface area (Å²) < 4.78 is 8.68. The van der Waals surface area contributed by atoms with Crippen molar-refractivity contribution in [2.75, 3.05) is 23.8 Å². The molecule has 0 bridgehead atoms. The molecule has 13 heteroatoms. The Kier molecular flexibility index (Phi) is 8.63. The highest BCUT2D eigenvalue weighted by molar-refractivity contribution is 9.10. The van der Waals surface area contributed by atoms with Gasteiger partial charge < -0.3 is 25.4 Å². The third-order valence-corrected chi connectivity index (χ3v) is 7.49. The summed E-state index contributed by atoms with van der Waals surface area (Å²) in [4.78, 5) is 42.0. The fourth-order valence-electron chi connectivity index (χ4n) is 3.68. The minimum atomic E-state index is -1.12. The number of hydrogen-bond donors (Lipinski definition) is 3. The average Bonchev–Trinajstić information content (AvgIpc) is 3.20. The molecule has 3 amide bonds. The topological polar surface area (TPSA) is 125 Å². The monoisotopic (exact) mass is 633 g/mol. The van der Waals surface area contributed by atoms with E-state index in [9.17, 15) is 14.4 Å². The van der Waals surface area contributed by atoms with Crippen molar-refractivity contribution in [3.63, 3.8) is 0 Å². The quantitative estimate of drug-likeness (QED) is 0.226. The molecule has 4 rings (SSSR count). The maximum Gasteiger partial charge on any atom is 0.335 e. The molecular formula is C26H22BrCl2N5O5. The molecule has 2 aromatic heterocycles. The number of likely N-dealkylation sites (N-methyl/N-ethyl adjacent to an activating group) is 1. The Morgan fingerprint density at radius 1 is 1.15 bits per heavy atom. The number of carboxylic acid groups (broad SMARTS) is 1. The van der Waals surface area contributed by atoms with E-state index in [4.69, 9.17) is 33.0 Å². The lowest BCUT2D eigenvalue weighted by atomic mass is 10.2. The zero-order valence-electron chi connectivity index (χ0n) is 20.7. The Morgan fingerprint density at radius 3 is 2.67 bits per heavy atom. The molecule has 2 aromatic carbocycles. The van der Waals surface area contributed by atoms with E-state index in [2.05, 4.69) is 31.5 Å². The molecule has 0 saturated carbocycles. The third-order valence-electron chi connectivity index (χ3n) is 5.76. The number of aromatic nitrogens is 2. The van der Waals surface area contributed by atoms with Crippen LogP contribution in [0.1, 0.15) is 21.6 Å². The van der Waals surface area contributed by atoms with Crippen LogP contribution in [-0.4, -0.2) is 46.0 Å². The summed E-state index contributed by atoms with van der Waals surface area (Å²) in [5.41, 5.74) is 2.57. The van der Waals surface area contributed by atoms with E-state index in [1.54, 1.807) is 18.2 Å². The van der Waals surface area contributed by atoms with Crippen LogP contribution in [-0.2, 0) is 11.4 Å². The van der Waals surface area contributed by atoms with E-state index < -0.39 is 17.9 Å². The molecule has 202 valence electrons. The van der Waals surface area contributed by atoms with Gasteiger partial charge in [0.1, 0.15) is 11.2 Å². The fourth-order valence-corrected chi connectivity index (χ4v) is 4.66. The summed E-state index contributed by atoms with van der Waals surface area (Å²) in [5.74, 6) is -1.05. The Bertz CT molecular complexity index is 1590. The van der Waals surface area contributed by atoms with E-state index in [1.807, 2.05) is 23.6 Å². The van der Waals surface area contributed by atoms with Gasteiger partial charge >= 0.3 is 12.0 Å². The van der Waals surface area contributed by atoms with E-state index >= 15 is 0 Å². The highest BCUT2D eigenvalue weighted by Gasteiger charge is 2.20. The number of carboxylic acids is 1. The van der Waals surface area contributed by atoms with Gasteiger partial charge in [0.2, 0.25) is 5.91 Å². The normalized spacial score (nSPS) is 10.8. The van der Waals surface area contributed by atoms with Crippen molar-refractivity contribution in [3.8, 4) is 5.75 Å². The van der Waals surface area contributed by atoms with E-state index in [1.165, 1.54) is 36.2 Å². The summed E-state index contributed by atoms with van der Waals surface area (Å²) in [5, 5.41) is 14.6. The number of nitrogens with zero attached hydrogens (tertiary/aromatic N) is 3. The van der Waals surface area contributed by atoms with Crippen molar-refractivity contribution in [2.45, 2.75) is 13.5 Å². The van der Waals surface area contributed by atoms with Crippen LogP contribution in [0.3, 0.4) is 0 Å². The Hall–Kier alpha value is -3.80. The fraction of sp³-hybridized carbons (Fsp3) is 0.154. The van der Waals surface area contributed by atoms with Crippen LogP contribution >= 0.6 is 39.1 Å². The predicted octanol–water partition coefficient (Wildman–Crippen LogP) is 5.77. The number of carbonyl (C=O) groups excluding carboxylic acids is 2. The Labute approximate surface area is 241 Å². The molecule has 10 nitrogen and oxygen atoms in total. The first-order valence-corrected chi connectivity index (χ1v) is 13.0. The number of rotatable bonds is 8. The number of aryl methyl sites for hydroxylation is 1. The van der Waals surface area contributed by atoms with E-state index in [-0.39, 0.29) is 29.4 Å². The van der Waals surface area contributed by atoms with Crippen molar-refractivity contribution >= 4 is 74.1 Å². The molecular weight excluding hydrogens is 613 g/mol. The van der Waals surface area contributed by atoms with Crippen molar-refractivity contribution in [1.29, 1.82) is 0 Å². The predicted molar refractivity (Wildman–Crippen MR) is 152 cm³/mol. The first kappa shape index (κ1) is 28.2. The third kappa shape index (κ3) is 6.27. The molecule has 0 aliphatic heterocycles. The van der Waals surface area contributed by atoms with Gasteiger partial charge in [-0.1, -0.05) is 29.3 Å². The molecule has 0 spiro atoms. The lowest BCUT2D eigenvalue weighted by Crippen LogP contribution is -2.40. The van der Waals surface area contributed by atoms with Gasteiger partial charge in [-0.2, -0.15) is 0 Å². The van der Waals surface area contributed by atoms with Gasteiger partial charge in [-0.15, -0.1) is 0 Å². The highest BCUT2D eigenvalue weighted by Crippen LogP contribution is 2.35. The number of nitrogens with one attached hydrogen (secondary N) is 2. The van der Waals surface area contributed by atoms with Crippen LogP contribution in [0.25, 0.3) is 5.65 Å². The van der Waals surface area contributed by atoms with Crippen molar-refractivity contribution in [3.05, 3.63) is 86.2 Å². The number of hydrogen-bond acceptors (Lipinski definition) is 5. The maximum absolute atomic E-state index is 12.8. The van der Waals surface area contributed by atoms with Gasteiger partial charge in [-0.25, -0.2) is 14.6 Å². The molecule has 0 aliphatic carbocycles. The van der Waals surface area contributed by atoms with E-state index in [0.29, 0.717) is 27.7 Å². The van der Waals surface area contributed by atoms with Crippen LogP contribution in [0.4, 0.5) is 16.2 Å². The summed E-state index contributed by atoms with van der Waals surface area (Å²) in [6.45, 7) is 1.55. The molecule has 0 unspecified atom stereocenters. The lowest BCUT2D eigenvalue weighted by molar-refractivity contribution is -0.117. The van der Waals surface area contributed by atoms with Gasteiger partial charge in [0.15, 0.2) is 11.4 Å². The second-order valence-electron chi connectivity index (χ2n) is 8.35. The number of urea groups is 1. The van der Waals surface area contributed by atoms with Crippen LogP contribution in [0.15, 0.2) is 59.3 Å². The summed E-state index contributed by atoms with van der Waals surface area (Å²) in [6.07, 6.45) is 1.86. The summed E-state index contributed by atoms with van der Waals surface area (Å²) in [7, 11) is 1.52. The zero-order valence-corrected chi connectivity index (χ0v) is 23.8. The summed E-state index contributed by atoms with van der Waals surface area (Å²) >= 11 is 16.6. The minimum absolute atomic E-state index is 0.0187. The number of halogens is 3. The SMILES string of the molecule is Cc1nc2c(OCc3c(Cl)ccc(N(C)C(=O)CNC(=O)Nc4cccc(C(=O)O)c4)c3Cl)cccn2c1Br. The molecule has 0 aliphatic rings. The molecule has 0 radical (unpaired) electrons. The molecule has 3 N–H and O–H groups in total. The van der Waals surface area contributed by atoms with Crippen LogP contribution in [0.2, 0.25) is 10.0 Å². The number of fused-ring (bicyclic) bond motifs is 1. The number of anilines is 2. The Balaban J connectivity index is 1.42. The first-order chi connectivity index (χ1) is 18.6. The smallest absolute Gasteiger partial charge is 0.335 e. The lowest BCUT2D eigenvalue weighted by Gasteiger charge is -2.21. The number of carbonyl (C=O) groups is 3. The van der Waals surface area contributed by atoms with Gasteiger partial charge in [-0.05, 0) is 65.3 Å². The first-order valence-electron chi connectivity index (χ1n) is 11.4. The molecule has 0 atom stereocenters. The zero-order chi connectivity index (χ0) is 28.3. The number of amides is 3.